The van der Waals surface area contributed by atoms with Crippen LogP contribution in [0.4, 0.5) is 0 Å². The zero-order valence-electron chi connectivity index (χ0n) is 12.3. The first kappa shape index (κ1) is 15.0. The molecule has 1 saturated heterocycles. The SMILES string of the molecule is CCCc1nc(CN2CCC[C@@H](C(=O)OCC)C2)no1. The lowest BCUT2D eigenvalue weighted by atomic mass is 9.98. The molecule has 0 saturated carbocycles. The minimum absolute atomic E-state index is 0.0225. The van der Waals surface area contributed by atoms with Crippen molar-refractivity contribution < 1.29 is 14.1 Å². The predicted octanol–water partition coefficient (Wildman–Crippen LogP) is 1.80. The van der Waals surface area contributed by atoms with Crippen LogP contribution >= 0.6 is 0 Å². The first-order valence-electron chi connectivity index (χ1n) is 7.43. The molecule has 6 nitrogen and oxygen atoms in total. The van der Waals surface area contributed by atoms with Gasteiger partial charge in [0.25, 0.3) is 0 Å². The highest BCUT2D eigenvalue weighted by Gasteiger charge is 2.27. The summed E-state index contributed by atoms with van der Waals surface area (Å²) in [4.78, 5) is 18.4. The molecular weight excluding hydrogens is 258 g/mol. The van der Waals surface area contributed by atoms with E-state index in [1.54, 1.807) is 0 Å². The molecule has 20 heavy (non-hydrogen) atoms. The maximum Gasteiger partial charge on any atom is 0.310 e. The van der Waals surface area contributed by atoms with Crippen LogP contribution in [0.15, 0.2) is 4.52 Å². The van der Waals surface area contributed by atoms with Gasteiger partial charge in [-0.1, -0.05) is 12.1 Å². The van der Waals surface area contributed by atoms with Crippen LogP contribution in [0.3, 0.4) is 0 Å². The maximum absolute atomic E-state index is 11.8. The smallest absolute Gasteiger partial charge is 0.310 e. The third-order valence-electron chi connectivity index (χ3n) is 3.46. The van der Waals surface area contributed by atoms with Gasteiger partial charge in [0, 0.05) is 13.0 Å². The van der Waals surface area contributed by atoms with Crippen molar-refractivity contribution in [3.8, 4) is 0 Å². The number of piperidine rings is 1. The number of rotatable bonds is 6. The monoisotopic (exact) mass is 281 g/mol. The predicted molar refractivity (Wildman–Crippen MR) is 72.9 cm³/mol. The van der Waals surface area contributed by atoms with E-state index < -0.39 is 0 Å². The van der Waals surface area contributed by atoms with Gasteiger partial charge < -0.3 is 9.26 Å². The van der Waals surface area contributed by atoms with E-state index in [0.717, 1.165) is 38.8 Å². The number of carbonyl (C=O) groups excluding carboxylic acids is 1. The third-order valence-corrected chi connectivity index (χ3v) is 3.46. The van der Waals surface area contributed by atoms with Gasteiger partial charge in [0.2, 0.25) is 5.89 Å². The van der Waals surface area contributed by atoms with Crippen molar-refractivity contribution in [3.63, 3.8) is 0 Å². The van der Waals surface area contributed by atoms with E-state index in [4.69, 9.17) is 9.26 Å². The number of hydrogen-bond donors (Lipinski definition) is 0. The number of aryl methyl sites for hydroxylation is 1. The molecule has 1 aliphatic rings. The Kier molecular flexibility index (Phi) is 5.52. The highest BCUT2D eigenvalue weighted by atomic mass is 16.5. The molecule has 0 amide bonds. The molecule has 2 heterocycles. The minimum atomic E-state index is -0.0861. The van der Waals surface area contributed by atoms with E-state index in [1.165, 1.54) is 0 Å². The fourth-order valence-electron chi connectivity index (χ4n) is 2.52. The minimum Gasteiger partial charge on any atom is -0.466 e. The first-order valence-corrected chi connectivity index (χ1v) is 7.43. The Morgan fingerprint density at radius 1 is 1.50 bits per heavy atom. The van der Waals surface area contributed by atoms with Gasteiger partial charge in [0.05, 0.1) is 19.1 Å². The molecule has 0 unspecified atom stereocenters. The normalized spacial score (nSPS) is 20.0. The summed E-state index contributed by atoms with van der Waals surface area (Å²) in [6.07, 6.45) is 3.72. The first-order chi connectivity index (χ1) is 9.72. The van der Waals surface area contributed by atoms with Crippen LogP contribution in [-0.2, 0) is 22.5 Å². The van der Waals surface area contributed by atoms with Gasteiger partial charge in [-0.15, -0.1) is 0 Å². The molecular formula is C14H23N3O3. The molecule has 0 radical (unpaired) electrons. The third kappa shape index (κ3) is 4.03. The summed E-state index contributed by atoms with van der Waals surface area (Å²) < 4.78 is 10.3. The number of likely N-dealkylation sites (tertiary alicyclic amines) is 1. The lowest BCUT2D eigenvalue weighted by Crippen LogP contribution is -2.39. The molecule has 112 valence electrons. The van der Waals surface area contributed by atoms with E-state index in [0.29, 0.717) is 24.9 Å². The summed E-state index contributed by atoms with van der Waals surface area (Å²) in [5, 5.41) is 3.99. The summed E-state index contributed by atoms with van der Waals surface area (Å²) in [5.41, 5.74) is 0. The van der Waals surface area contributed by atoms with Crippen molar-refractivity contribution in [2.75, 3.05) is 19.7 Å². The topological polar surface area (TPSA) is 68.5 Å². The molecule has 0 aliphatic carbocycles. The number of aromatic nitrogens is 2. The van der Waals surface area contributed by atoms with Crippen LogP contribution in [-0.4, -0.2) is 40.7 Å². The van der Waals surface area contributed by atoms with E-state index in [9.17, 15) is 4.79 Å². The van der Waals surface area contributed by atoms with E-state index in [2.05, 4.69) is 22.0 Å². The number of ether oxygens (including phenoxy) is 1. The van der Waals surface area contributed by atoms with E-state index in [1.807, 2.05) is 6.92 Å². The molecule has 6 heteroatoms. The maximum atomic E-state index is 11.8. The van der Waals surface area contributed by atoms with E-state index >= 15 is 0 Å². The standard InChI is InChI=1S/C14H23N3O3/c1-3-6-13-15-12(16-20-13)10-17-8-5-7-11(9-17)14(18)19-4-2/h11H,3-10H2,1-2H3/t11-/m1/s1. The summed E-state index contributed by atoms with van der Waals surface area (Å²) in [7, 11) is 0. The van der Waals surface area contributed by atoms with Crippen molar-refractivity contribution in [1.82, 2.24) is 15.0 Å². The number of hydrogen-bond acceptors (Lipinski definition) is 6. The van der Waals surface area contributed by atoms with Crippen LogP contribution < -0.4 is 0 Å². The molecule has 2 rings (SSSR count). The van der Waals surface area contributed by atoms with Gasteiger partial charge in [-0.3, -0.25) is 9.69 Å². The Bertz CT molecular complexity index is 433. The average molecular weight is 281 g/mol. The van der Waals surface area contributed by atoms with Gasteiger partial charge in [0.15, 0.2) is 5.82 Å². The Hall–Kier alpha value is -1.43. The average Bonchev–Trinajstić information content (AvgIpc) is 2.87. The van der Waals surface area contributed by atoms with Crippen LogP contribution in [0.5, 0.6) is 0 Å². The molecule has 0 aromatic carbocycles. The Balaban J connectivity index is 1.87. The lowest BCUT2D eigenvalue weighted by molar-refractivity contribution is -0.150. The van der Waals surface area contributed by atoms with Crippen LogP contribution in [0.2, 0.25) is 0 Å². The fourth-order valence-corrected chi connectivity index (χ4v) is 2.52. The second kappa shape index (κ2) is 7.38. The van der Waals surface area contributed by atoms with Gasteiger partial charge in [-0.2, -0.15) is 4.98 Å². The number of esters is 1. The fraction of sp³-hybridized carbons (Fsp3) is 0.786. The van der Waals surface area contributed by atoms with Crippen molar-refractivity contribution in [2.45, 2.75) is 46.1 Å². The van der Waals surface area contributed by atoms with E-state index in [-0.39, 0.29) is 11.9 Å². The van der Waals surface area contributed by atoms with Gasteiger partial charge in [-0.25, -0.2) is 0 Å². The Morgan fingerprint density at radius 3 is 3.10 bits per heavy atom. The molecule has 1 aromatic heterocycles. The van der Waals surface area contributed by atoms with Gasteiger partial charge in [0.1, 0.15) is 0 Å². The zero-order chi connectivity index (χ0) is 14.4. The summed E-state index contributed by atoms with van der Waals surface area (Å²) >= 11 is 0. The van der Waals surface area contributed by atoms with Crippen LogP contribution in [0, 0.1) is 5.92 Å². The highest BCUT2D eigenvalue weighted by molar-refractivity contribution is 5.72. The lowest BCUT2D eigenvalue weighted by Gasteiger charge is -2.30. The van der Waals surface area contributed by atoms with Crippen molar-refractivity contribution >= 4 is 5.97 Å². The van der Waals surface area contributed by atoms with Gasteiger partial charge in [-0.05, 0) is 32.7 Å². The molecule has 1 aliphatic heterocycles. The Labute approximate surface area is 119 Å². The molecule has 0 N–H and O–H groups in total. The zero-order valence-corrected chi connectivity index (χ0v) is 12.3. The summed E-state index contributed by atoms with van der Waals surface area (Å²) in [6, 6.07) is 0. The van der Waals surface area contributed by atoms with Gasteiger partial charge >= 0.3 is 5.97 Å². The summed E-state index contributed by atoms with van der Waals surface area (Å²) in [6.45, 7) is 6.69. The quantitative estimate of drug-likeness (QED) is 0.741. The molecule has 0 bridgehead atoms. The van der Waals surface area contributed by atoms with Crippen molar-refractivity contribution in [1.29, 1.82) is 0 Å². The largest absolute Gasteiger partial charge is 0.466 e. The second-order valence-corrected chi connectivity index (χ2v) is 5.18. The van der Waals surface area contributed by atoms with Crippen molar-refractivity contribution in [2.24, 2.45) is 5.92 Å². The highest BCUT2D eigenvalue weighted by Crippen LogP contribution is 2.19. The van der Waals surface area contributed by atoms with Crippen molar-refractivity contribution in [3.05, 3.63) is 11.7 Å². The molecule has 0 spiro atoms. The molecule has 1 fully saturated rings. The Morgan fingerprint density at radius 2 is 2.35 bits per heavy atom. The number of carbonyl (C=O) groups is 1. The van der Waals surface area contributed by atoms with Crippen LogP contribution in [0.25, 0.3) is 0 Å². The second-order valence-electron chi connectivity index (χ2n) is 5.18. The summed E-state index contributed by atoms with van der Waals surface area (Å²) in [5.74, 6) is 1.29. The molecule has 1 aromatic rings. The van der Waals surface area contributed by atoms with Crippen LogP contribution in [0.1, 0.15) is 44.8 Å². The molecule has 1 atom stereocenters. The number of nitrogens with zero attached hydrogens (tertiary/aromatic N) is 3.